The van der Waals surface area contributed by atoms with Gasteiger partial charge in [-0.25, -0.2) is 9.97 Å². The van der Waals surface area contributed by atoms with Crippen LogP contribution in [0.2, 0.25) is 0 Å². The number of nitrogens with two attached hydrogens (primary N) is 1. The molecule has 0 aliphatic carbocycles. The number of hydrogen-bond donors (Lipinski definition) is 2. The number of amides is 1. The smallest absolute Gasteiger partial charge is 0.264 e. The molecule has 7 heteroatoms. The summed E-state index contributed by atoms with van der Waals surface area (Å²) in [5.74, 6) is 1.20. The number of hydrogen-bond acceptors (Lipinski definition) is 6. The predicted molar refractivity (Wildman–Crippen MR) is 109 cm³/mol. The van der Waals surface area contributed by atoms with Crippen molar-refractivity contribution in [1.29, 1.82) is 0 Å². The number of nitrogens with zero attached hydrogens (tertiary/aromatic N) is 3. The van der Waals surface area contributed by atoms with Crippen molar-refractivity contribution in [2.45, 2.75) is 26.3 Å². The molecule has 1 aromatic carbocycles. The molecule has 1 aliphatic rings. The number of aromatic nitrogens is 2. The van der Waals surface area contributed by atoms with Crippen LogP contribution in [0.15, 0.2) is 30.3 Å². The zero-order chi connectivity index (χ0) is 19.0. The van der Waals surface area contributed by atoms with E-state index in [2.05, 4.69) is 17.2 Å². The minimum Gasteiger partial charge on any atom is -0.383 e. The third-order valence-corrected chi connectivity index (χ3v) is 6.09. The summed E-state index contributed by atoms with van der Waals surface area (Å²) in [6, 6.07) is 10.4. The van der Waals surface area contributed by atoms with Crippen LogP contribution in [0.5, 0.6) is 0 Å². The lowest BCUT2D eigenvalue weighted by atomic mass is 10.1. The Kier molecular flexibility index (Phi) is 4.80. The third-order valence-electron chi connectivity index (χ3n) is 4.92. The molecule has 1 saturated heterocycles. The third kappa shape index (κ3) is 3.52. The molecule has 3 heterocycles. The molecule has 1 fully saturated rings. The van der Waals surface area contributed by atoms with Gasteiger partial charge in [-0.15, -0.1) is 11.3 Å². The monoisotopic (exact) mass is 381 g/mol. The highest BCUT2D eigenvalue weighted by Crippen LogP contribution is 2.33. The second-order valence-corrected chi connectivity index (χ2v) is 8.03. The van der Waals surface area contributed by atoms with Gasteiger partial charge in [-0.3, -0.25) is 4.79 Å². The van der Waals surface area contributed by atoms with Crippen LogP contribution >= 0.6 is 11.3 Å². The summed E-state index contributed by atoms with van der Waals surface area (Å²) in [7, 11) is 0. The highest BCUT2D eigenvalue weighted by atomic mass is 32.1. The molecule has 140 valence electrons. The lowest BCUT2D eigenvalue weighted by molar-refractivity contribution is 0.0713. The largest absolute Gasteiger partial charge is 0.383 e. The molecule has 0 bridgehead atoms. The fourth-order valence-electron chi connectivity index (χ4n) is 3.54. The topological polar surface area (TPSA) is 84.1 Å². The Bertz CT molecular complexity index is 985. The van der Waals surface area contributed by atoms with Crippen molar-refractivity contribution >= 4 is 33.3 Å². The second kappa shape index (κ2) is 7.25. The minimum absolute atomic E-state index is 0.0628. The predicted octanol–water partition coefficient (Wildman–Crippen LogP) is 2.61. The summed E-state index contributed by atoms with van der Waals surface area (Å²) in [6.45, 7) is 6.29. The number of thiophene rings is 1. The van der Waals surface area contributed by atoms with Gasteiger partial charge in [-0.05, 0) is 25.0 Å². The number of piperazine rings is 1. The first kappa shape index (κ1) is 17.9. The Morgan fingerprint density at radius 3 is 2.85 bits per heavy atom. The Morgan fingerprint density at radius 2 is 2.11 bits per heavy atom. The zero-order valence-corrected chi connectivity index (χ0v) is 16.3. The fourth-order valence-corrected chi connectivity index (χ4v) is 4.71. The number of rotatable bonds is 3. The molecule has 1 amide bonds. The number of anilines is 1. The zero-order valence-electron chi connectivity index (χ0n) is 15.5. The molecule has 6 nitrogen and oxygen atoms in total. The summed E-state index contributed by atoms with van der Waals surface area (Å²) in [5, 5.41) is 4.18. The van der Waals surface area contributed by atoms with Crippen molar-refractivity contribution in [3.8, 4) is 0 Å². The van der Waals surface area contributed by atoms with Gasteiger partial charge in [0.05, 0.1) is 10.3 Å². The SMILES string of the molecule is Cc1c(C(=O)N2CCNC(C)C2)sc2nc(Cc3ccccc3)nc(N)c12. The summed E-state index contributed by atoms with van der Waals surface area (Å²) >= 11 is 1.42. The van der Waals surface area contributed by atoms with Crippen LogP contribution in [0.3, 0.4) is 0 Å². The van der Waals surface area contributed by atoms with Crippen LogP contribution in [-0.4, -0.2) is 46.5 Å². The highest BCUT2D eigenvalue weighted by Gasteiger charge is 2.26. The number of carbonyl (C=O) groups excluding carboxylic acids is 1. The van der Waals surface area contributed by atoms with E-state index < -0.39 is 0 Å². The maximum absolute atomic E-state index is 13.0. The van der Waals surface area contributed by atoms with Gasteiger partial charge in [0, 0.05) is 32.1 Å². The number of carbonyl (C=O) groups is 1. The van der Waals surface area contributed by atoms with Crippen molar-refractivity contribution < 1.29 is 4.79 Å². The maximum atomic E-state index is 13.0. The van der Waals surface area contributed by atoms with Gasteiger partial charge >= 0.3 is 0 Å². The van der Waals surface area contributed by atoms with E-state index in [0.717, 1.165) is 39.3 Å². The van der Waals surface area contributed by atoms with E-state index in [0.29, 0.717) is 30.6 Å². The minimum atomic E-state index is 0.0628. The first-order valence-corrected chi connectivity index (χ1v) is 9.96. The van der Waals surface area contributed by atoms with Crippen LogP contribution in [0.25, 0.3) is 10.2 Å². The van der Waals surface area contributed by atoms with Crippen LogP contribution in [0, 0.1) is 6.92 Å². The average molecular weight is 382 g/mol. The van der Waals surface area contributed by atoms with E-state index in [4.69, 9.17) is 10.7 Å². The fraction of sp³-hybridized carbons (Fsp3) is 0.350. The molecule has 0 spiro atoms. The molecule has 4 rings (SSSR count). The molecular formula is C20H23N5OS. The molecule has 27 heavy (non-hydrogen) atoms. The normalized spacial score (nSPS) is 17.4. The van der Waals surface area contributed by atoms with E-state index >= 15 is 0 Å². The number of benzene rings is 1. The Balaban J connectivity index is 1.68. The summed E-state index contributed by atoms with van der Waals surface area (Å²) < 4.78 is 0. The molecule has 1 aliphatic heterocycles. The summed E-state index contributed by atoms with van der Waals surface area (Å²) in [5.41, 5.74) is 8.27. The van der Waals surface area contributed by atoms with Crippen LogP contribution in [0.4, 0.5) is 5.82 Å². The number of fused-ring (bicyclic) bond motifs is 1. The number of aryl methyl sites for hydroxylation is 1. The van der Waals surface area contributed by atoms with Crippen molar-refractivity contribution in [2.75, 3.05) is 25.4 Å². The Hall–Kier alpha value is -2.51. The van der Waals surface area contributed by atoms with Gasteiger partial charge in [-0.1, -0.05) is 30.3 Å². The summed E-state index contributed by atoms with van der Waals surface area (Å²) in [6.07, 6.45) is 0.622. The summed E-state index contributed by atoms with van der Waals surface area (Å²) in [4.78, 5) is 25.7. The first-order valence-electron chi connectivity index (χ1n) is 9.15. The number of nitrogens with one attached hydrogen (secondary N) is 1. The van der Waals surface area contributed by atoms with Gasteiger partial charge in [0.15, 0.2) is 0 Å². The molecule has 3 N–H and O–H groups in total. The van der Waals surface area contributed by atoms with Crippen LogP contribution in [-0.2, 0) is 6.42 Å². The molecule has 3 aromatic rings. The van der Waals surface area contributed by atoms with Gasteiger partial charge in [-0.2, -0.15) is 0 Å². The van der Waals surface area contributed by atoms with E-state index in [-0.39, 0.29) is 5.91 Å². The van der Waals surface area contributed by atoms with E-state index in [1.165, 1.54) is 11.3 Å². The quantitative estimate of drug-likeness (QED) is 0.729. The van der Waals surface area contributed by atoms with Crippen molar-refractivity contribution in [3.63, 3.8) is 0 Å². The number of nitrogen functional groups attached to an aromatic ring is 1. The van der Waals surface area contributed by atoms with Gasteiger partial charge < -0.3 is 16.0 Å². The second-order valence-electron chi connectivity index (χ2n) is 7.03. The van der Waals surface area contributed by atoms with E-state index in [9.17, 15) is 4.79 Å². The lowest BCUT2D eigenvalue weighted by Crippen LogP contribution is -2.51. The van der Waals surface area contributed by atoms with Crippen molar-refractivity contribution in [1.82, 2.24) is 20.2 Å². The average Bonchev–Trinajstić information content (AvgIpc) is 2.99. The molecule has 0 saturated carbocycles. The van der Waals surface area contributed by atoms with Crippen molar-refractivity contribution in [3.05, 3.63) is 52.2 Å². The lowest BCUT2D eigenvalue weighted by Gasteiger charge is -2.31. The van der Waals surface area contributed by atoms with Crippen LogP contribution < -0.4 is 11.1 Å². The van der Waals surface area contributed by atoms with Gasteiger partial charge in [0.25, 0.3) is 5.91 Å². The standard InChI is InChI=1S/C20H23N5OS/c1-12-11-25(9-8-22-12)20(26)17-13(2)16-18(21)23-15(24-19(16)27-17)10-14-6-4-3-5-7-14/h3-7,12,22H,8-11H2,1-2H3,(H2,21,23,24). The molecule has 1 atom stereocenters. The first-order chi connectivity index (χ1) is 13.0. The van der Waals surface area contributed by atoms with Gasteiger partial charge in [0.2, 0.25) is 0 Å². The molecule has 0 radical (unpaired) electrons. The Labute approximate surface area is 162 Å². The van der Waals surface area contributed by atoms with E-state index in [1.54, 1.807) is 0 Å². The van der Waals surface area contributed by atoms with Crippen LogP contribution in [0.1, 0.15) is 33.5 Å². The molecule has 1 unspecified atom stereocenters. The highest BCUT2D eigenvalue weighted by molar-refractivity contribution is 7.20. The van der Waals surface area contributed by atoms with E-state index in [1.807, 2.05) is 42.2 Å². The van der Waals surface area contributed by atoms with Crippen molar-refractivity contribution in [2.24, 2.45) is 0 Å². The molecule has 2 aromatic heterocycles. The molecular weight excluding hydrogens is 358 g/mol. The maximum Gasteiger partial charge on any atom is 0.264 e. The Morgan fingerprint density at radius 1 is 1.33 bits per heavy atom. The van der Waals surface area contributed by atoms with Gasteiger partial charge in [0.1, 0.15) is 16.5 Å².